The highest BCUT2D eigenvalue weighted by Gasteiger charge is 2.18. The molecule has 0 aliphatic rings. The second-order valence-corrected chi connectivity index (χ2v) is 4.46. The first kappa shape index (κ1) is 14.9. The Kier molecular flexibility index (Phi) is 6.05. The number of carbonyl (C=O) groups is 1. The van der Waals surface area contributed by atoms with Crippen molar-refractivity contribution in [1.82, 2.24) is 4.90 Å². The molecule has 18 heavy (non-hydrogen) atoms. The molecular formula is C13H16ClF2NO. The topological polar surface area (TPSA) is 20.3 Å². The number of hydrogen-bond acceptors (Lipinski definition) is 1. The number of unbranched alkanes of at least 4 members (excludes halogenated alkanes) is 2. The lowest BCUT2D eigenvalue weighted by Gasteiger charge is -2.17. The maximum Gasteiger partial charge on any atom is 0.256 e. The summed E-state index contributed by atoms with van der Waals surface area (Å²) in [5, 5.41) is 0. The number of rotatable bonds is 6. The smallest absolute Gasteiger partial charge is 0.256 e. The second kappa shape index (κ2) is 7.31. The van der Waals surface area contributed by atoms with Crippen molar-refractivity contribution in [2.45, 2.75) is 19.3 Å². The molecule has 0 N–H and O–H groups in total. The van der Waals surface area contributed by atoms with E-state index in [9.17, 15) is 13.6 Å². The molecule has 0 aliphatic carbocycles. The van der Waals surface area contributed by atoms with E-state index in [1.807, 2.05) is 0 Å². The van der Waals surface area contributed by atoms with E-state index in [-0.39, 0.29) is 5.56 Å². The Morgan fingerprint density at radius 3 is 2.67 bits per heavy atom. The Morgan fingerprint density at radius 2 is 2.00 bits per heavy atom. The normalized spacial score (nSPS) is 10.4. The Morgan fingerprint density at radius 1 is 1.28 bits per heavy atom. The summed E-state index contributed by atoms with van der Waals surface area (Å²) in [4.78, 5) is 13.3. The van der Waals surface area contributed by atoms with Gasteiger partial charge in [-0.1, -0.05) is 12.5 Å². The van der Waals surface area contributed by atoms with Crippen LogP contribution in [0.25, 0.3) is 0 Å². The third-order valence-corrected chi connectivity index (χ3v) is 2.92. The number of amides is 1. The van der Waals surface area contributed by atoms with Gasteiger partial charge in [0.15, 0.2) is 11.6 Å². The Hall–Kier alpha value is -1.16. The molecule has 1 aromatic rings. The van der Waals surface area contributed by atoms with Gasteiger partial charge in [-0.2, -0.15) is 0 Å². The standard InChI is InChI=1S/C13H16ClF2NO/c1-17(9-4-2-3-8-14)13(18)10-6-5-7-11(15)12(10)16/h5-7H,2-4,8-9H2,1H3. The zero-order chi connectivity index (χ0) is 13.5. The van der Waals surface area contributed by atoms with Crippen molar-refractivity contribution in [2.24, 2.45) is 0 Å². The van der Waals surface area contributed by atoms with Gasteiger partial charge in [-0.3, -0.25) is 4.79 Å². The molecule has 0 atom stereocenters. The van der Waals surface area contributed by atoms with Crippen LogP contribution >= 0.6 is 11.6 Å². The Balaban J connectivity index is 2.60. The number of carbonyl (C=O) groups excluding carboxylic acids is 1. The summed E-state index contributed by atoms with van der Waals surface area (Å²) >= 11 is 5.54. The SMILES string of the molecule is CN(CCCCCCl)C(=O)c1cccc(F)c1F. The lowest BCUT2D eigenvalue weighted by atomic mass is 10.1. The molecule has 0 unspecified atom stereocenters. The number of hydrogen-bond donors (Lipinski definition) is 0. The first-order chi connectivity index (χ1) is 8.57. The molecule has 0 radical (unpaired) electrons. The quantitative estimate of drug-likeness (QED) is 0.575. The van der Waals surface area contributed by atoms with Crippen LogP contribution in [0.1, 0.15) is 29.6 Å². The fourth-order valence-electron chi connectivity index (χ4n) is 1.60. The van der Waals surface area contributed by atoms with Gasteiger partial charge in [0.25, 0.3) is 5.91 Å². The van der Waals surface area contributed by atoms with Gasteiger partial charge in [0, 0.05) is 19.5 Å². The van der Waals surface area contributed by atoms with Crippen LogP contribution in [-0.2, 0) is 0 Å². The third-order valence-electron chi connectivity index (χ3n) is 2.66. The van der Waals surface area contributed by atoms with Crippen LogP contribution in [0, 0.1) is 11.6 Å². The number of benzene rings is 1. The second-order valence-electron chi connectivity index (χ2n) is 4.08. The fourth-order valence-corrected chi connectivity index (χ4v) is 1.79. The first-order valence-corrected chi connectivity index (χ1v) is 6.36. The molecule has 0 aliphatic heterocycles. The molecule has 5 heteroatoms. The van der Waals surface area contributed by atoms with Crippen molar-refractivity contribution in [3.8, 4) is 0 Å². The number of alkyl halides is 1. The van der Waals surface area contributed by atoms with Gasteiger partial charge >= 0.3 is 0 Å². The van der Waals surface area contributed by atoms with E-state index in [1.54, 1.807) is 7.05 Å². The fraction of sp³-hybridized carbons (Fsp3) is 0.462. The molecule has 0 saturated heterocycles. The lowest BCUT2D eigenvalue weighted by Crippen LogP contribution is -2.28. The van der Waals surface area contributed by atoms with Crippen molar-refractivity contribution in [3.05, 3.63) is 35.4 Å². The zero-order valence-corrected chi connectivity index (χ0v) is 11.0. The van der Waals surface area contributed by atoms with E-state index in [0.717, 1.165) is 25.3 Å². The van der Waals surface area contributed by atoms with Crippen molar-refractivity contribution in [1.29, 1.82) is 0 Å². The van der Waals surface area contributed by atoms with Crippen LogP contribution < -0.4 is 0 Å². The van der Waals surface area contributed by atoms with Crippen LogP contribution in [0.4, 0.5) is 8.78 Å². The Labute approximate surface area is 111 Å². The Bertz CT molecular complexity index is 412. The number of nitrogens with zero attached hydrogens (tertiary/aromatic N) is 1. The molecule has 100 valence electrons. The van der Waals surface area contributed by atoms with E-state index in [1.165, 1.54) is 17.0 Å². The maximum atomic E-state index is 13.4. The van der Waals surface area contributed by atoms with Gasteiger partial charge in [-0.25, -0.2) is 8.78 Å². The lowest BCUT2D eigenvalue weighted by molar-refractivity contribution is 0.0787. The average molecular weight is 276 g/mol. The van der Waals surface area contributed by atoms with Crippen molar-refractivity contribution in [3.63, 3.8) is 0 Å². The molecule has 0 bridgehead atoms. The molecule has 0 spiro atoms. The minimum atomic E-state index is -1.09. The van der Waals surface area contributed by atoms with Gasteiger partial charge in [0.2, 0.25) is 0 Å². The van der Waals surface area contributed by atoms with Crippen molar-refractivity contribution in [2.75, 3.05) is 19.5 Å². The summed E-state index contributed by atoms with van der Waals surface area (Å²) in [5.41, 5.74) is -0.227. The molecule has 0 fully saturated rings. The van der Waals surface area contributed by atoms with Gasteiger partial charge in [0.05, 0.1) is 5.56 Å². The molecular weight excluding hydrogens is 260 g/mol. The average Bonchev–Trinajstić information content (AvgIpc) is 2.37. The van der Waals surface area contributed by atoms with Gasteiger partial charge < -0.3 is 4.90 Å². The monoisotopic (exact) mass is 275 g/mol. The highest BCUT2D eigenvalue weighted by molar-refractivity contribution is 6.17. The molecule has 0 saturated carbocycles. The largest absolute Gasteiger partial charge is 0.342 e. The maximum absolute atomic E-state index is 13.4. The van der Waals surface area contributed by atoms with Crippen molar-refractivity contribution >= 4 is 17.5 Å². The molecule has 2 nitrogen and oxygen atoms in total. The van der Waals surface area contributed by atoms with Crippen LogP contribution in [-0.4, -0.2) is 30.3 Å². The van der Waals surface area contributed by atoms with Crippen LogP contribution in [0.3, 0.4) is 0 Å². The molecule has 0 aromatic heterocycles. The van der Waals surface area contributed by atoms with Crippen LogP contribution in [0.2, 0.25) is 0 Å². The van der Waals surface area contributed by atoms with Crippen molar-refractivity contribution < 1.29 is 13.6 Å². The van der Waals surface area contributed by atoms with Crippen LogP contribution in [0.5, 0.6) is 0 Å². The molecule has 1 aromatic carbocycles. The summed E-state index contributed by atoms with van der Waals surface area (Å²) in [6.45, 7) is 0.506. The minimum absolute atomic E-state index is 0.227. The first-order valence-electron chi connectivity index (χ1n) is 5.83. The van der Waals surface area contributed by atoms with E-state index in [2.05, 4.69) is 0 Å². The highest BCUT2D eigenvalue weighted by Crippen LogP contribution is 2.13. The van der Waals surface area contributed by atoms with E-state index in [0.29, 0.717) is 12.4 Å². The zero-order valence-electron chi connectivity index (χ0n) is 10.3. The molecule has 1 amide bonds. The minimum Gasteiger partial charge on any atom is -0.342 e. The molecule has 0 heterocycles. The van der Waals surface area contributed by atoms with E-state index in [4.69, 9.17) is 11.6 Å². The van der Waals surface area contributed by atoms with E-state index < -0.39 is 17.5 Å². The summed E-state index contributed by atoms with van der Waals surface area (Å²) in [7, 11) is 1.58. The van der Waals surface area contributed by atoms with Gasteiger partial charge in [-0.05, 0) is 25.0 Å². The predicted octanol–water partition coefficient (Wildman–Crippen LogP) is 3.45. The summed E-state index contributed by atoms with van der Waals surface area (Å²) in [6, 6.07) is 3.61. The third kappa shape index (κ3) is 3.95. The van der Waals surface area contributed by atoms with Gasteiger partial charge in [-0.15, -0.1) is 11.6 Å². The van der Waals surface area contributed by atoms with Crippen LogP contribution in [0.15, 0.2) is 18.2 Å². The van der Waals surface area contributed by atoms with E-state index >= 15 is 0 Å². The summed E-state index contributed by atoms with van der Waals surface area (Å²) < 4.78 is 26.4. The molecule has 1 rings (SSSR count). The number of halogens is 3. The predicted molar refractivity (Wildman–Crippen MR) is 67.9 cm³/mol. The summed E-state index contributed by atoms with van der Waals surface area (Å²) in [5.74, 6) is -2.00. The van der Waals surface area contributed by atoms with Gasteiger partial charge in [0.1, 0.15) is 0 Å². The highest BCUT2D eigenvalue weighted by atomic mass is 35.5. The summed E-state index contributed by atoms with van der Waals surface area (Å²) in [6.07, 6.45) is 2.59.